The maximum atomic E-state index is 12.4. The molecule has 0 bridgehead atoms. The molecule has 1 atom stereocenters. The van der Waals surface area contributed by atoms with Gasteiger partial charge in [-0.3, -0.25) is 9.89 Å². The fourth-order valence-electron chi connectivity index (χ4n) is 2.80. The maximum absolute atomic E-state index is 12.4. The van der Waals surface area contributed by atoms with Crippen LogP contribution in [0.1, 0.15) is 22.7 Å². The van der Waals surface area contributed by atoms with E-state index in [1.807, 2.05) is 49.5 Å². The van der Waals surface area contributed by atoms with Crippen LogP contribution < -0.4 is 5.32 Å². The van der Waals surface area contributed by atoms with E-state index in [2.05, 4.69) is 15.5 Å². The number of likely N-dealkylation sites (N-methyl/N-ethyl adjacent to an activating group) is 1. The fourth-order valence-corrected chi connectivity index (χ4v) is 2.93. The molecule has 1 unspecified atom stereocenters. The normalized spacial score (nSPS) is 12.0. The number of nitrogens with one attached hydrogen (secondary N) is 2. The first-order valence-electron chi connectivity index (χ1n) is 7.68. The van der Waals surface area contributed by atoms with Crippen LogP contribution in [0.15, 0.2) is 54.7 Å². The van der Waals surface area contributed by atoms with Crippen molar-refractivity contribution in [3.63, 3.8) is 0 Å². The lowest BCUT2D eigenvalue weighted by Gasteiger charge is -2.17. The van der Waals surface area contributed by atoms with Gasteiger partial charge >= 0.3 is 0 Å². The maximum Gasteiger partial charge on any atom is 0.231 e. The SMILES string of the molecule is CNC(=O)C(c1ccc(Cl)cc1)c1ccc(-c2c[nH]nc2C)cc1. The molecule has 2 aromatic carbocycles. The Morgan fingerprint density at radius 2 is 1.67 bits per heavy atom. The Balaban J connectivity index is 1.98. The molecule has 24 heavy (non-hydrogen) atoms. The average Bonchev–Trinajstić information content (AvgIpc) is 3.03. The summed E-state index contributed by atoms with van der Waals surface area (Å²) in [6.45, 7) is 1.96. The Bertz CT molecular complexity index is 838. The van der Waals surface area contributed by atoms with Crippen LogP contribution in [0.3, 0.4) is 0 Å². The quantitative estimate of drug-likeness (QED) is 0.757. The van der Waals surface area contributed by atoms with Gasteiger partial charge in [0.25, 0.3) is 0 Å². The summed E-state index contributed by atoms with van der Waals surface area (Å²) < 4.78 is 0. The summed E-state index contributed by atoms with van der Waals surface area (Å²) in [4.78, 5) is 12.4. The summed E-state index contributed by atoms with van der Waals surface area (Å²) >= 11 is 5.96. The molecule has 0 aliphatic carbocycles. The minimum absolute atomic E-state index is 0.0513. The van der Waals surface area contributed by atoms with Gasteiger partial charge in [0.1, 0.15) is 0 Å². The molecule has 3 rings (SSSR count). The molecule has 0 aliphatic heterocycles. The van der Waals surface area contributed by atoms with E-state index in [-0.39, 0.29) is 11.8 Å². The molecule has 0 saturated carbocycles. The van der Waals surface area contributed by atoms with E-state index < -0.39 is 0 Å². The van der Waals surface area contributed by atoms with Gasteiger partial charge in [0.2, 0.25) is 5.91 Å². The Kier molecular flexibility index (Phi) is 4.67. The number of carbonyl (C=O) groups excluding carboxylic acids is 1. The zero-order valence-electron chi connectivity index (χ0n) is 13.5. The number of hydrogen-bond donors (Lipinski definition) is 2. The van der Waals surface area contributed by atoms with E-state index in [4.69, 9.17) is 11.6 Å². The Hall–Kier alpha value is -2.59. The van der Waals surface area contributed by atoms with Crippen LogP contribution in [0.2, 0.25) is 5.02 Å². The number of aromatic amines is 1. The second-order valence-electron chi connectivity index (χ2n) is 5.61. The van der Waals surface area contributed by atoms with Crippen molar-refractivity contribution in [2.24, 2.45) is 0 Å². The van der Waals surface area contributed by atoms with E-state index in [1.54, 1.807) is 19.2 Å². The van der Waals surface area contributed by atoms with E-state index in [9.17, 15) is 4.79 Å². The average molecular weight is 340 g/mol. The summed E-state index contributed by atoms with van der Waals surface area (Å²) in [5, 5.41) is 10.4. The van der Waals surface area contributed by atoms with Crippen molar-refractivity contribution in [2.75, 3.05) is 7.05 Å². The van der Waals surface area contributed by atoms with Gasteiger partial charge in [-0.05, 0) is 35.7 Å². The van der Waals surface area contributed by atoms with Crippen LogP contribution in [0.5, 0.6) is 0 Å². The highest BCUT2D eigenvalue weighted by molar-refractivity contribution is 6.30. The summed E-state index contributed by atoms with van der Waals surface area (Å²) in [6.07, 6.45) is 1.87. The third-order valence-corrected chi connectivity index (χ3v) is 4.35. The molecule has 3 aromatic rings. The van der Waals surface area contributed by atoms with E-state index in [0.29, 0.717) is 5.02 Å². The van der Waals surface area contributed by atoms with Crippen molar-refractivity contribution in [3.8, 4) is 11.1 Å². The van der Waals surface area contributed by atoms with E-state index in [0.717, 1.165) is 27.9 Å². The highest BCUT2D eigenvalue weighted by Crippen LogP contribution is 2.29. The summed E-state index contributed by atoms with van der Waals surface area (Å²) in [5.74, 6) is -0.420. The van der Waals surface area contributed by atoms with Crippen molar-refractivity contribution >= 4 is 17.5 Å². The molecule has 0 radical (unpaired) electrons. The number of benzene rings is 2. The van der Waals surface area contributed by atoms with Gasteiger partial charge in [-0.1, -0.05) is 48.0 Å². The van der Waals surface area contributed by atoms with Crippen molar-refractivity contribution in [1.82, 2.24) is 15.5 Å². The van der Waals surface area contributed by atoms with Crippen molar-refractivity contribution in [3.05, 3.63) is 76.6 Å². The first-order valence-corrected chi connectivity index (χ1v) is 8.05. The van der Waals surface area contributed by atoms with Gasteiger partial charge < -0.3 is 5.32 Å². The van der Waals surface area contributed by atoms with Crippen molar-refractivity contribution in [1.29, 1.82) is 0 Å². The van der Waals surface area contributed by atoms with Crippen LogP contribution in [-0.4, -0.2) is 23.2 Å². The Labute approximate surface area is 145 Å². The number of halogens is 1. The van der Waals surface area contributed by atoms with Gasteiger partial charge in [-0.25, -0.2) is 0 Å². The molecule has 5 heteroatoms. The lowest BCUT2D eigenvalue weighted by molar-refractivity contribution is -0.121. The molecule has 0 fully saturated rings. The van der Waals surface area contributed by atoms with Crippen molar-refractivity contribution in [2.45, 2.75) is 12.8 Å². The minimum atomic E-state index is -0.369. The Morgan fingerprint density at radius 3 is 2.17 bits per heavy atom. The molecule has 0 spiro atoms. The Morgan fingerprint density at radius 1 is 1.08 bits per heavy atom. The molecule has 1 heterocycles. The topological polar surface area (TPSA) is 57.8 Å². The number of H-pyrrole nitrogens is 1. The second kappa shape index (κ2) is 6.89. The number of rotatable bonds is 4. The van der Waals surface area contributed by atoms with Crippen LogP contribution in [-0.2, 0) is 4.79 Å². The third-order valence-electron chi connectivity index (χ3n) is 4.10. The second-order valence-corrected chi connectivity index (χ2v) is 6.04. The zero-order chi connectivity index (χ0) is 17.1. The van der Waals surface area contributed by atoms with Crippen LogP contribution in [0.4, 0.5) is 0 Å². The van der Waals surface area contributed by atoms with Crippen LogP contribution >= 0.6 is 11.6 Å². The zero-order valence-corrected chi connectivity index (χ0v) is 14.3. The molecule has 1 aromatic heterocycles. The highest BCUT2D eigenvalue weighted by Gasteiger charge is 2.21. The molecule has 0 aliphatic rings. The number of aryl methyl sites for hydroxylation is 1. The number of amides is 1. The van der Waals surface area contributed by atoms with Gasteiger partial charge in [0, 0.05) is 23.8 Å². The van der Waals surface area contributed by atoms with E-state index in [1.165, 1.54) is 0 Å². The molecular formula is C19H18ClN3O. The summed E-state index contributed by atoms with van der Waals surface area (Å²) in [5.41, 5.74) is 4.91. The number of nitrogens with zero attached hydrogens (tertiary/aromatic N) is 1. The molecule has 1 amide bonds. The largest absolute Gasteiger partial charge is 0.358 e. The van der Waals surface area contributed by atoms with Gasteiger partial charge in [0.15, 0.2) is 0 Å². The monoisotopic (exact) mass is 339 g/mol. The lowest BCUT2D eigenvalue weighted by atomic mass is 9.89. The molecule has 4 nitrogen and oxygen atoms in total. The molecule has 0 saturated heterocycles. The number of hydrogen-bond acceptors (Lipinski definition) is 2. The molecule has 122 valence electrons. The fraction of sp³-hybridized carbons (Fsp3) is 0.158. The summed E-state index contributed by atoms with van der Waals surface area (Å²) in [6, 6.07) is 15.4. The third kappa shape index (κ3) is 3.19. The predicted molar refractivity (Wildman–Crippen MR) is 96.1 cm³/mol. The predicted octanol–water partition coefficient (Wildman–Crippen LogP) is 3.92. The van der Waals surface area contributed by atoms with Gasteiger partial charge in [-0.2, -0.15) is 5.10 Å². The standard InChI is InChI=1S/C19H18ClN3O/c1-12-17(11-22-23-12)13-3-5-14(6-4-13)18(19(24)21-2)15-7-9-16(20)10-8-15/h3-11,18H,1-2H3,(H,21,24)(H,22,23). The van der Waals surface area contributed by atoms with Crippen molar-refractivity contribution < 1.29 is 4.79 Å². The highest BCUT2D eigenvalue weighted by atomic mass is 35.5. The van der Waals surface area contributed by atoms with Gasteiger partial charge in [0.05, 0.1) is 11.6 Å². The van der Waals surface area contributed by atoms with E-state index >= 15 is 0 Å². The first-order chi connectivity index (χ1) is 11.6. The number of aromatic nitrogens is 2. The minimum Gasteiger partial charge on any atom is -0.358 e. The molecular weight excluding hydrogens is 322 g/mol. The first kappa shape index (κ1) is 16.3. The summed E-state index contributed by atoms with van der Waals surface area (Å²) in [7, 11) is 1.65. The smallest absolute Gasteiger partial charge is 0.231 e. The molecule has 2 N–H and O–H groups in total. The lowest BCUT2D eigenvalue weighted by Crippen LogP contribution is -2.26. The number of carbonyl (C=O) groups is 1. The van der Waals surface area contributed by atoms with Gasteiger partial charge in [-0.15, -0.1) is 0 Å². The van der Waals surface area contributed by atoms with Crippen LogP contribution in [0.25, 0.3) is 11.1 Å². The van der Waals surface area contributed by atoms with Crippen LogP contribution in [0, 0.1) is 6.92 Å².